The number of methoxy groups -OCH3 is 1. The van der Waals surface area contributed by atoms with Crippen LogP contribution in [0.5, 0.6) is 5.88 Å². The second-order valence-electron chi connectivity index (χ2n) is 3.29. The van der Waals surface area contributed by atoms with Crippen LogP contribution in [0.25, 0.3) is 0 Å². The molecule has 0 atom stereocenters. The Hall–Kier alpha value is -1.53. The molecule has 7 heteroatoms. The number of ketones is 1. The highest BCUT2D eigenvalue weighted by Crippen LogP contribution is 2.25. The number of halogens is 3. The molecule has 0 fully saturated rings. The summed E-state index contributed by atoms with van der Waals surface area (Å²) in [6.07, 6.45) is -5.57. The summed E-state index contributed by atoms with van der Waals surface area (Å²) in [5.74, 6) is -1.63. The number of ether oxygens (including phenoxy) is 1. The fourth-order valence-electron chi connectivity index (χ4n) is 1.40. The zero-order chi connectivity index (χ0) is 12.5. The molecule has 0 aliphatic carbocycles. The number of aryl methyl sites for hydroxylation is 2. The van der Waals surface area contributed by atoms with E-state index in [1.807, 2.05) is 0 Å². The third-order valence-corrected chi connectivity index (χ3v) is 2.14. The lowest BCUT2D eigenvalue weighted by atomic mass is 10.1. The molecule has 1 heterocycles. The van der Waals surface area contributed by atoms with E-state index in [0.29, 0.717) is 5.69 Å². The number of rotatable bonds is 3. The Kier molecular flexibility index (Phi) is 3.25. The van der Waals surface area contributed by atoms with Crippen LogP contribution in [0.1, 0.15) is 11.3 Å². The minimum Gasteiger partial charge on any atom is -0.481 e. The average Bonchev–Trinajstić information content (AvgIpc) is 2.40. The van der Waals surface area contributed by atoms with Crippen LogP contribution in [0.3, 0.4) is 0 Å². The highest BCUT2D eigenvalue weighted by molar-refractivity contribution is 5.86. The topological polar surface area (TPSA) is 44.1 Å². The third-order valence-electron chi connectivity index (χ3n) is 2.14. The van der Waals surface area contributed by atoms with Gasteiger partial charge in [0.1, 0.15) is 0 Å². The third kappa shape index (κ3) is 2.34. The van der Waals surface area contributed by atoms with Crippen LogP contribution in [-0.4, -0.2) is 28.8 Å². The summed E-state index contributed by atoms with van der Waals surface area (Å²) in [4.78, 5) is 10.8. The van der Waals surface area contributed by atoms with Gasteiger partial charge in [0, 0.05) is 19.0 Å². The summed E-state index contributed by atoms with van der Waals surface area (Å²) < 4.78 is 42.5. The van der Waals surface area contributed by atoms with E-state index in [2.05, 4.69) is 5.10 Å². The van der Waals surface area contributed by atoms with Crippen LogP contribution < -0.4 is 4.74 Å². The molecule has 90 valence electrons. The minimum atomic E-state index is -4.83. The van der Waals surface area contributed by atoms with Gasteiger partial charge in [0.15, 0.2) is 0 Å². The zero-order valence-electron chi connectivity index (χ0n) is 9.05. The van der Waals surface area contributed by atoms with Crippen molar-refractivity contribution in [3.05, 3.63) is 11.3 Å². The molecule has 0 N–H and O–H groups in total. The molecular weight excluding hydrogens is 225 g/mol. The SMILES string of the molecule is COc1c(CC(=O)C(F)(F)F)c(C)nn1C. The lowest BCUT2D eigenvalue weighted by Gasteiger charge is -2.06. The van der Waals surface area contributed by atoms with Gasteiger partial charge < -0.3 is 4.74 Å². The number of Topliss-reactive ketones (excluding diaryl/α,β-unsaturated/α-hetero) is 1. The molecule has 0 aliphatic heterocycles. The van der Waals surface area contributed by atoms with E-state index in [1.165, 1.54) is 25.8 Å². The normalized spacial score (nSPS) is 11.6. The van der Waals surface area contributed by atoms with Crippen LogP contribution >= 0.6 is 0 Å². The fraction of sp³-hybridized carbons (Fsp3) is 0.556. The van der Waals surface area contributed by atoms with E-state index in [-0.39, 0.29) is 11.4 Å². The number of nitrogens with zero attached hydrogens (tertiary/aromatic N) is 2. The maximum atomic E-state index is 12.1. The van der Waals surface area contributed by atoms with E-state index >= 15 is 0 Å². The number of hydrogen-bond acceptors (Lipinski definition) is 3. The summed E-state index contributed by atoms with van der Waals surface area (Å²) in [5, 5.41) is 3.89. The van der Waals surface area contributed by atoms with Crippen molar-refractivity contribution in [2.45, 2.75) is 19.5 Å². The van der Waals surface area contributed by atoms with Gasteiger partial charge in [-0.1, -0.05) is 0 Å². The smallest absolute Gasteiger partial charge is 0.450 e. The van der Waals surface area contributed by atoms with Gasteiger partial charge in [0.25, 0.3) is 0 Å². The van der Waals surface area contributed by atoms with E-state index in [4.69, 9.17) is 4.74 Å². The molecule has 0 saturated heterocycles. The number of alkyl halides is 3. The summed E-state index contributed by atoms with van der Waals surface area (Å²) in [7, 11) is 2.85. The lowest BCUT2D eigenvalue weighted by molar-refractivity contribution is -0.170. The molecule has 0 saturated carbocycles. The van der Waals surface area contributed by atoms with Gasteiger partial charge >= 0.3 is 6.18 Å². The number of carbonyl (C=O) groups is 1. The molecular formula is C9H11F3N2O2. The highest BCUT2D eigenvalue weighted by Gasteiger charge is 2.39. The van der Waals surface area contributed by atoms with Crippen molar-refractivity contribution in [2.24, 2.45) is 7.05 Å². The first kappa shape index (κ1) is 12.5. The van der Waals surface area contributed by atoms with Gasteiger partial charge in [-0.3, -0.25) is 4.79 Å². The van der Waals surface area contributed by atoms with Crippen LogP contribution in [-0.2, 0) is 18.3 Å². The molecule has 0 aromatic carbocycles. The molecule has 0 spiro atoms. The predicted molar refractivity (Wildman–Crippen MR) is 49.3 cm³/mol. The lowest BCUT2D eigenvalue weighted by Crippen LogP contribution is -2.24. The van der Waals surface area contributed by atoms with Gasteiger partial charge in [0.2, 0.25) is 11.7 Å². The number of carbonyl (C=O) groups excluding carboxylic acids is 1. The standard InChI is InChI=1S/C9H11F3N2O2/c1-5-6(4-7(15)9(10,11)12)8(16-3)14(2)13-5/h4H2,1-3H3. The Balaban J connectivity index is 3.02. The van der Waals surface area contributed by atoms with Gasteiger partial charge in [-0.05, 0) is 6.92 Å². The fourth-order valence-corrected chi connectivity index (χ4v) is 1.40. The molecule has 0 amide bonds. The van der Waals surface area contributed by atoms with E-state index in [0.717, 1.165) is 0 Å². The maximum Gasteiger partial charge on any atom is 0.450 e. The van der Waals surface area contributed by atoms with E-state index in [9.17, 15) is 18.0 Å². The quantitative estimate of drug-likeness (QED) is 0.797. The van der Waals surface area contributed by atoms with Crippen molar-refractivity contribution in [1.29, 1.82) is 0 Å². The Bertz CT molecular complexity index is 410. The van der Waals surface area contributed by atoms with Gasteiger partial charge in [-0.15, -0.1) is 0 Å². The van der Waals surface area contributed by atoms with Crippen LogP contribution in [0.15, 0.2) is 0 Å². The summed E-state index contributed by atoms with van der Waals surface area (Å²) in [6, 6.07) is 0. The molecule has 0 radical (unpaired) electrons. The molecule has 4 nitrogen and oxygen atoms in total. The maximum absolute atomic E-state index is 12.1. The summed E-state index contributed by atoms with van der Waals surface area (Å²) >= 11 is 0. The average molecular weight is 236 g/mol. The number of hydrogen-bond donors (Lipinski definition) is 0. The first-order valence-electron chi connectivity index (χ1n) is 4.43. The summed E-state index contributed by atoms with van der Waals surface area (Å²) in [6.45, 7) is 1.53. The Labute approximate surface area is 90.0 Å². The molecule has 0 aliphatic rings. The Morgan fingerprint density at radius 1 is 1.50 bits per heavy atom. The van der Waals surface area contributed by atoms with Crippen LogP contribution in [0.4, 0.5) is 13.2 Å². The second-order valence-corrected chi connectivity index (χ2v) is 3.29. The zero-order valence-corrected chi connectivity index (χ0v) is 9.05. The van der Waals surface area contributed by atoms with E-state index < -0.39 is 18.4 Å². The first-order valence-corrected chi connectivity index (χ1v) is 4.43. The first-order chi connectivity index (χ1) is 7.27. The molecule has 1 rings (SSSR count). The van der Waals surface area contributed by atoms with Gasteiger partial charge in [-0.2, -0.15) is 18.3 Å². The van der Waals surface area contributed by atoms with Crippen LogP contribution in [0, 0.1) is 6.92 Å². The predicted octanol–water partition coefficient (Wildman–Crippen LogP) is 1.41. The second kappa shape index (κ2) is 4.15. The molecule has 16 heavy (non-hydrogen) atoms. The van der Waals surface area contributed by atoms with Crippen molar-refractivity contribution in [1.82, 2.24) is 9.78 Å². The van der Waals surface area contributed by atoms with E-state index in [1.54, 1.807) is 0 Å². The largest absolute Gasteiger partial charge is 0.481 e. The molecule has 1 aromatic rings. The Morgan fingerprint density at radius 3 is 2.50 bits per heavy atom. The van der Waals surface area contributed by atoms with Gasteiger partial charge in [0.05, 0.1) is 12.8 Å². The minimum absolute atomic E-state index is 0.173. The van der Waals surface area contributed by atoms with Crippen molar-refractivity contribution in [2.75, 3.05) is 7.11 Å². The highest BCUT2D eigenvalue weighted by atomic mass is 19.4. The van der Waals surface area contributed by atoms with Gasteiger partial charge in [-0.25, -0.2) is 4.68 Å². The van der Waals surface area contributed by atoms with Crippen molar-refractivity contribution < 1.29 is 22.7 Å². The number of aromatic nitrogens is 2. The molecule has 0 unspecified atom stereocenters. The summed E-state index contributed by atoms with van der Waals surface area (Å²) in [5.41, 5.74) is 0.532. The molecule has 0 bridgehead atoms. The van der Waals surface area contributed by atoms with Crippen LogP contribution in [0.2, 0.25) is 0 Å². The Morgan fingerprint density at radius 2 is 2.06 bits per heavy atom. The van der Waals surface area contributed by atoms with Crippen molar-refractivity contribution in [3.8, 4) is 5.88 Å². The molecule has 1 aromatic heterocycles. The monoisotopic (exact) mass is 236 g/mol. The van der Waals surface area contributed by atoms with Crippen molar-refractivity contribution in [3.63, 3.8) is 0 Å². The van der Waals surface area contributed by atoms with Crippen molar-refractivity contribution >= 4 is 5.78 Å².